The first-order chi connectivity index (χ1) is 9.13. The fourth-order valence-corrected chi connectivity index (χ4v) is 2.73. The molecule has 4 nitrogen and oxygen atoms in total. The van der Waals surface area contributed by atoms with E-state index >= 15 is 0 Å². The van der Waals surface area contributed by atoms with E-state index in [4.69, 9.17) is 0 Å². The predicted molar refractivity (Wildman–Crippen MR) is 77.2 cm³/mol. The third-order valence-electron chi connectivity index (χ3n) is 3.98. The van der Waals surface area contributed by atoms with Crippen LogP contribution in [0.15, 0.2) is 12.3 Å². The zero-order valence-corrected chi connectivity index (χ0v) is 12.1. The van der Waals surface area contributed by atoms with Gasteiger partial charge in [0.05, 0.1) is 5.56 Å². The SMILES string of the molecule is Cc1ccnc(N2CCC[C@@H](N(C)C)CC2)c1C#N. The quantitative estimate of drug-likeness (QED) is 0.815. The van der Waals surface area contributed by atoms with E-state index in [2.05, 4.69) is 34.9 Å². The van der Waals surface area contributed by atoms with Crippen molar-refractivity contribution in [1.82, 2.24) is 9.88 Å². The van der Waals surface area contributed by atoms with Crippen molar-refractivity contribution in [2.45, 2.75) is 32.2 Å². The van der Waals surface area contributed by atoms with Gasteiger partial charge < -0.3 is 9.80 Å². The Balaban J connectivity index is 2.19. The summed E-state index contributed by atoms with van der Waals surface area (Å²) < 4.78 is 0. The standard InChI is InChI=1S/C15H22N4/c1-12-6-8-17-15(14(12)11-16)19-9-4-5-13(7-10-19)18(2)3/h6,8,13H,4-5,7,9-10H2,1-3H3/t13-/m1/s1. The zero-order valence-electron chi connectivity index (χ0n) is 12.1. The van der Waals surface area contributed by atoms with Gasteiger partial charge in [-0.1, -0.05) is 0 Å². The molecule has 0 radical (unpaired) electrons. The highest BCUT2D eigenvalue weighted by molar-refractivity contribution is 5.57. The van der Waals surface area contributed by atoms with E-state index in [1.807, 2.05) is 13.0 Å². The van der Waals surface area contributed by atoms with Gasteiger partial charge in [-0.25, -0.2) is 4.98 Å². The summed E-state index contributed by atoms with van der Waals surface area (Å²) in [5.41, 5.74) is 1.74. The molecular weight excluding hydrogens is 236 g/mol. The Morgan fingerprint density at radius 1 is 1.37 bits per heavy atom. The van der Waals surface area contributed by atoms with Crippen LogP contribution in [0.25, 0.3) is 0 Å². The summed E-state index contributed by atoms with van der Waals surface area (Å²) >= 11 is 0. The van der Waals surface area contributed by atoms with Crippen molar-refractivity contribution in [3.63, 3.8) is 0 Å². The molecule has 2 rings (SSSR count). The maximum atomic E-state index is 9.32. The van der Waals surface area contributed by atoms with Crippen molar-refractivity contribution in [1.29, 1.82) is 5.26 Å². The molecule has 102 valence electrons. The minimum absolute atomic E-state index is 0.639. The summed E-state index contributed by atoms with van der Waals surface area (Å²) in [6.07, 6.45) is 5.31. The molecule has 0 spiro atoms. The minimum atomic E-state index is 0.639. The number of pyridine rings is 1. The zero-order chi connectivity index (χ0) is 13.8. The highest BCUT2D eigenvalue weighted by atomic mass is 15.2. The molecule has 0 bridgehead atoms. The highest BCUT2D eigenvalue weighted by Crippen LogP contribution is 2.24. The Morgan fingerprint density at radius 3 is 2.84 bits per heavy atom. The van der Waals surface area contributed by atoms with Gasteiger partial charge in [-0.05, 0) is 51.9 Å². The largest absolute Gasteiger partial charge is 0.355 e. The summed E-state index contributed by atoms with van der Waals surface area (Å²) in [5.74, 6) is 0.863. The molecule has 1 saturated heterocycles. The molecule has 0 unspecified atom stereocenters. The predicted octanol–water partition coefficient (Wildman–Crippen LogP) is 2.18. The number of aryl methyl sites for hydroxylation is 1. The van der Waals surface area contributed by atoms with Gasteiger partial charge in [-0.15, -0.1) is 0 Å². The Kier molecular flexibility index (Phi) is 4.39. The Hall–Kier alpha value is -1.60. The second-order valence-corrected chi connectivity index (χ2v) is 5.47. The van der Waals surface area contributed by atoms with Crippen LogP contribution in [0.2, 0.25) is 0 Å². The molecular formula is C15H22N4. The Morgan fingerprint density at radius 2 is 2.16 bits per heavy atom. The summed E-state index contributed by atoms with van der Waals surface area (Å²) in [6, 6.07) is 4.85. The third-order valence-corrected chi connectivity index (χ3v) is 3.98. The molecule has 0 saturated carbocycles. The van der Waals surface area contributed by atoms with E-state index in [0.29, 0.717) is 6.04 Å². The number of hydrogen-bond donors (Lipinski definition) is 0. The maximum Gasteiger partial charge on any atom is 0.146 e. The second kappa shape index (κ2) is 6.03. The van der Waals surface area contributed by atoms with Gasteiger partial charge in [0.15, 0.2) is 0 Å². The number of nitriles is 1. The van der Waals surface area contributed by atoms with Gasteiger partial charge in [0.1, 0.15) is 11.9 Å². The topological polar surface area (TPSA) is 43.2 Å². The van der Waals surface area contributed by atoms with Crippen LogP contribution in [0.4, 0.5) is 5.82 Å². The fourth-order valence-electron chi connectivity index (χ4n) is 2.73. The number of rotatable bonds is 2. The van der Waals surface area contributed by atoms with Crippen molar-refractivity contribution in [3.8, 4) is 6.07 Å². The highest BCUT2D eigenvalue weighted by Gasteiger charge is 2.21. The fraction of sp³-hybridized carbons (Fsp3) is 0.600. The first kappa shape index (κ1) is 13.8. The second-order valence-electron chi connectivity index (χ2n) is 5.47. The molecule has 0 amide bonds. The van der Waals surface area contributed by atoms with Gasteiger partial charge >= 0.3 is 0 Å². The maximum absolute atomic E-state index is 9.32. The van der Waals surface area contributed by atoms with Crippen molar-refractivity contribution >= 4 is 5.82 Å². The van der Waals surface area contributed by atoms with Crippen LogP contribution in [-0.2, 0) is 0 Å². The van der Waals surface area contributed by atoms with Crippen molar-refractivity contribution < 1.29 is 0 Å². The summed E-state index contributed by atoms with van der Waals surface area (Å²) in [5, 5.41) is 9.32. The summed E-state index contributed by atoms with van der Waals surface area (Å²) in [7, 11) is 4.29. The van der Waals surface area contributed by atoms with E-state index in [-0.39, 0.29) is 0 Å². The molecule has 1 fully saturated rings. The molecule has 1 atom stereocenters. The first-order valence-corrected chi connectivity index (χ1v) is 6.90. The summed E-state index contributed by atoms with van der Waals surface area (Å²) in [4.78, 5) is 9.01. The van der Waals surface area contributed by atoms with Crippen LogP contribution >= 0.6 is 0 Å². The van der Waals surface area contributed by atoms with Gasteiger partial charge in [0.2, 0.25) is 0 Å². The molecule has 1 aromatic heterocycles. The van der Waals surface area contributed by atoms with Crippen molar-refractivity contribution in [2.75, 3.05) is 32.1 Å². The van der Waals surface area contributed by atoms with E-state index < -0.39 is 0 Å². The minimum Gasteiger partial charge on any atom is -0.355 e. The first-order valence-electron chi connectivity index (χ1n) is 6.90. The number of nitrogens with zero attached hydrogens (tertiary/aromatic N) is 4. The van der Waals surface area contributed by atoms with Crippen LogP contribution in [0.3, 0.4) is 0 Å². The number of anilines is 1. The lowest BCUT2D eigenvalue weighted by Gasteiger charge is -2.24. The number of hydrogen-bond acceptors (Lipinski definition) is 4. The van der Waals surface area contributed by atoms with Crippen LogP contribution in [-0.4, -0.2) is 43.1 Å². The lowest BCUT2D eigenvalue weighted by molar-refractivity contribution is 0.272. The monoisotopic (exact) mass is 258 g/mol. The molecule has 1 aliphatic heterocycles. The molecule has 0 N–H and O–H groups in total. The van der Waals surface area contributed by atoms with E-state index in [1.165, 1.54) is 6.42 Å². The van der Waals surface area contributed by atoms with Gasteiger partial charge in [0.25, 0.3) is 0 Å². The molecule has 2 heterocycles. The molecule has 0 aromatic carbocycles. The van der Waals surface area contributed by atoms with Crippen molar-refractivity contribution in [3.05, 3.63) is 23.4 Å². The van der Waals surface area contributed by atoms with E-state index in [0.717, 1.165) is 42.9 Å². The van der Waals surface area contributed by atoms with Crippen molar-refractivity contribution in [2.24, 2.45) is 0 Å². The third kappa shape index (κ3) is 3.05. The number of aromatic nitrogens is 1. The van der Waals surface area contributed by atoms with Gasteiger partial charge in [-0.2, -0.15) is 5.26 Å². The van der Waals surface area contributed by atoms with Crippen LogP contribution in [0.5, 0.6) is 0 Å². The smallest absolute Gasteiger partial charge is 0.146 e. The van der Waals surface area contributed by atoms with Crippen LogP contribution in [0.1, 0.15) is 30.4 Å². The normalized spacial score (nSPS) is 20.2. The average molecular weight is 258 g/mol. The Labute approximate surface area is 115 Å². The van der Waals surface area contributed by atoms with E-state index in [1.54, 1.807) is 6.20 Å². The lowest BCUT2D eigenvalue weighted by Crippen LogP contribution is -2.30. The summed E-state index contributed by atoms with van der Waals surface area (Å²) in [6.45, 7) is 3.95. The molecule has 4 heteroatoms. The average Bonchev–Trinajstić information content (AvgIpc) is 2.64. The van der Waals surface area contributed by atoms with Gasteiger partial charge in [0, 0.05) is 25.3 Å². The van der Waals surface area contributed by atoms with Gasteiger partial charge in [-0.3, -0.25) is 0 Å². The van der Waals surface area contributed by atoms with E-state index in [9.17, 15) is 5.26 Å². The van der Waals surface area contributed by atoms with Crippen LogP contribution in [0, 0.1) is 18.3 Å². The molecule has 0 aliphatic carbocycles. The molecule has 1 aromatic rings. The lowest BCUT2D eigenvalue weighted by atomic mass is 10.1. The molecule has 19 heavy (non-hydrogen) atoms. The molecule has 1 aliphatic rings. The van der Waals surface area contributed by atoms with Crippen LogP contribution < -0.4 is 4.90 Å². The Bertz CT molecular complexity index is 476.